The van der Waals surface area contributed by atoms with Crippen LogP contribution in [0.4, 0.5) is 0 Å². The lowest BCUT2D eigenvalue weighted by molar-refractivity contribution is -0.177. The predicted molar refractivity (Wildman–Crippen MR) is 144 cm³/mol. The molecule has 0 spiro atoms. The number of allylic oxidation sites excluding steroid dienone is 2. The second-order valence-corrected chi connectivity index (χ2v) is 10.8. The molecule has 5 nitrogen and oxygen atoms in total. The first-order valence-electron chi connectivity index (χ1n) is 14.1. The molecule has 1 saturated carbocycles. The van der Waals surface area contributed by atoms with Gasteiger partial charge in [0.25, 0.3) is 0 Å². The third-order valence-corrected chi connectivity index (χ3v) is 8.32. The van der Waals surface area contributed by atoms with Crippen molar-refractivity contribution in [2.75, 3.05) is 20.8 Å². The summed E-state index contributed by atoms with van der Waals surface area (Å²) in [5, 5.41) is 0. The summed E-state index contributed by atoms with van der Waals surface area (Å²) in [6, 6.07) is 10.2. The molecule has 3 rings (SSSR count). The molecule has 0 N–H and O–H groups in total. The molecule has 0 saturated heterocycles. The summed E-state index contributed by atoms with van der Waals surface area (Å²) < 4.78 is 24.0. The predicted octanol–water partition coefficient (Wildman–Crippen LogP) is 6.74. The summed E-state index contributed by atoms with van der Waals surface area (Å²) in [5.74, 6) is 1.18. The van der Waals surface area contributed by atoms with Gasteiger partial charge >= 0.3 is 5.97 Å². The number of benzene rings is 1. The second-order valence-electron chi connectivity index (χ2n) is 10.8. The number of unbranched alkanes of at least 4 members (excludes halogenated alkanes) is 1. The van der Waals surface area contributed by atoms with Gasteiger partial charge in [0.15, 0.2) is 0 Å². The number of hydrogen-bond donors (Lipinski definition) is 0. The van der Waals surface area contributed by atoms with E-state index < -0.39 is 0 Å². The van der Waals surface area contributed by atoms with E-state index in [0.29, 0.717) is 31.5 Å². The van der Waals surface area contributed by atoms with Gasteiger partial charge in [-0.1, -0.05) is 75.6 Å². The third kappa shape index (κ3) is 8.43. The Hall–Kier alpha value is -1.69. The molecule has 0 amide bonds. The zero-order valence-electron chi connectivity index (χ0n) is 22.9. The maximum atomic E-state index is 13.0. The Labute approximate surface area is 218 Å². The number of hydrogen-bond acceptors (Lipinski definition) is 5. The zero-order chi connectivity index (χ0) is 25.8. The summed E-state index contributed by atoms with van der Waals surface area (Å²) >= 11 is 0. The van der Waals surface area contributed by atoms with Crippen LogP contribution in [0, 0.1) is 23.7 Å². The minimum Gasteiger partial charge on any atom is -0.465 e. The van der Waals surface area contributed by atoms with Crippen molar-refractivity contribution in [1.82, 2.24) is 0 Å². The van der Waals surface area contributed by atoms with Gasteiger partial charge in [-0.3, -0.25) is 4.79 Å². The van der Waals surface area contributed by atoms with E-state index in [4.69, 9.17) is 18.9 Å². The van der Waals surface area contributed by atoms with Crippen molar-refractivity contribution in [3.63, 3.8) is 0 Å². The molecule has 36 heavy (non-hydrogen) atoms. The zero-order valence-corrected chi connectivity index (χ0v) is 22.9. The fourth-order valence-electron chi connectivity index (χ4n) is 6.26. The minimum absolute atomic E-state index is 0.0474. The van der Waals surface area contributed by atoms with Crippen molar-refractivity contribution in [2.45, 2.75) is 96.6 Å². The number of ether oxygens (including phenoxy) is 4. The number of carbonyl (C=O) groups excluding carboxylic acids is 1. The van der Waals surface area contributed by atoms with Gasteiger partial charge in [-0.2, -0.15) is 0 Å². The minimum atomic E-state index is -0.0746. The van der Waals surface area contributed by atoms with Crippen LogP contribution in [0.2, 0.25) is 0 Å². The Morgan fingerprint density at radius 3 is 2.33 bits per heavy atom. The lowest BCUT2D eigenvalue weighted by Gasteiger charge is -2.44. The molecular formula is C31H48O5. The third-order valence-electron chi connectivity index (χ3n) is 8.32. The molecule has 2 aliphatic carbocycles. The average Bonchev–Trinajstić information content (AvgIpc) is 2.88. The van der Waals surface area contributed by atoms with Crippen LogP contribution < -0.4 is 0 Å². The molecule has 2 aliphatic rings. The highest BCUT2D eigenvalue weighted by molar-refractivity contribution is 5.69. The summed E-state index contributed by atoms with van der Waals surface area (Å²) in [4.78, 5) is 13.0. The van der Waals surface area contributed by atoms with Gasteiger partial charge in [-0.15, -0.1) is 0 Å². The SMILES string of the molecule is CCCC[C@@H]1CC/C=C/CC[C@@H]1CC(=O)OCC1C[C@@H](OC)C(OCc2ccccc2)[C@@H](C)[C@@H]1OC. The van der Waals surface area contributed by atoms with Crippen molar-refractivity contribution in [2.24, 2.45) is 23.7 Å². The quantitative estimate of drug-likeness (QED) is 0.235. The standard InChI is InChI=1S/C31H48O5/c1-5-6-16-25-17-12-7-8-13-18-26(25)20-29(32)35-22-27-19-28(33-3)31(23(2)30(27)34-4)36-21-24-14-10-9-11-15-24/h7-11,14-15,23,25-28,30-31H,5-6,12-13,16-22H2,1-4H3/b8-7+/t23-,25+,26+,27?,28+,30-,31?/m0/s1. The molecule has 0 radical (unpaired) electrons. The molecular weight excluding hydrogens is 452 g/mol. The van der Waals surface area contributed by atoms with Gasteiger partial charge < -0.3 is 18.9 Å². The maximum absolute atomic E-state index is 13.0. The molecule has 202 valence electrons. The van der Waals surface area contributed by atoms with Crippen LogP contribution in [0.25, 0.3) is 0 Å². The molecule has 0 aromatic heterocycles. The lowest BCUT2D eigenvalue weighted by Crippen LogP contribution is -2.52. The summed E-state index contributed by atoms with van der Waals surface area (Å²) in [6.45, 7) is 5.32. The van der Waals surface area contributed by atoms with E-state index in [1.165, 1.54) is 25.7 Å². The first kappa shape index (κ1) is 28.9. The fourth-order valence-corrected chi connectivity index (χ4v) is 6.26. The van der Waals surface area contributed by atoms with E-state index >= 15 is 0 Å². The molecule has 5 heteroatoms. The molecule has 1 aromatic rings. The van der Waals surface area contributed by atoms with Gasteiger partial charge in [-0.25, -0.2) is 0 Å². The van der Waals surface area contributed by atoms with Crippen molar-refractivity contribution in [3.8, 4) is 0 Å². The van der Waals surface area contributed by atoms with E-state index in [9.17, 15) is 4.79 Å². The van der Waals surface area contributed by atoms with Crippen LogP contribution in [0.15, 0.2) is 42.5 Å². The fraction of sp³-hybridized carbons (Fsp3) is 0.710. The van der Waals surface area contributed by atoms with Crippen molar-refractivity contribution >= 4 is 5.97 Å². The van der Waals surface area contributed by atoms with Crippen LogP contribution in [0.5, 0.6) is 0 Å². The first-order chi connectivity index (χ1) is 17.6. The van der Waals surface area contributed by atoms with Crippen LogP contribution in [0.1, 0.15) is 77.2 Å². The van der Waals surface area contributed by atoms with E-state index in [0.717, 1.165) is 31.2 Å². The average molecular weight is 501 g/mol. The van der Waals surface area contributed by atoms with Gasteiger partial charge in [0.1, 0.15) is 0 Å². The lowest BCUT2D eigenvalue weighted by atomic mass is 9.76. The highest BCUT2D eigenvalue weighted by Gasteiger charge is 2.44. The van der Waals surface area contributed by atoms with Crippen molar-refractivity contribution in [3.05, 3.63) is 48.0 Å². The number of rotatable bonds is 12. The maximum Gasteiger partial charge on any atom is 0.306 e. The molecule has 7 atom stereocenters. The normalized spacial score (nSPS) is 31.8. The van der Waals surface area contributed by atoms with E-state index in [-0.39, 0.29) is 36.1 Å². The Morgan fingerprint density at radius 2 is 1.67 bits per heavy atom. The monoisotopic (exact) mass is 500 g/mol. The van der Waals surface area contributed by atoms with E-state index in [1.54, 1.807) is 14.2 Å². The molecule has 0 heterocycles. The van der Waals surface area contributed by atoms with Gasteiger partial charge in [0.2, 0.25) is 0 Å². The molecule has 0 aliphatic heterocycles. The Balaban J connectivity index is 1.55. The van der Waals surface area contributed by atoms with E-state index in [2.05, 4.69) is 38.1 Å². The molecule has 2 unspecified atom stereocenters. The highest BCUT2D eigenvalue weighted by Crippen LogP contribution is 2.36. The number of methoxy groups -OCH3 is 2. The molecule has 0 bridgehead atoms. The molecule has 1 fully saturated rings. The van der Waals surface area contributed by atoms with E-state index in [1.807, 2.05) is 18.2 Å². The first-order valence-corrected chi connectivity index (χ1v) is 14.1. The number of esters is 1. The topological polar surface area (TPSA) is 54.0 Å². The largest absolute Gasteiger partial charge is 0.465 e. The summed E-state index contributed by atoms with van der Waals surface area (Å²) in [6.07, 6.45) is 13.8. The van der Waals surface area contributed by atoms with Crippen molar-refractivity contribution in [1.29, 1.82) is 0 Å². The second kappa shape index (κ2) is 15.5. The van der Waals surface area contributed by atoms with Crippen LogP contribution in [-0.2, 0) is 30.3 Å². The smallest absolute Gasteiger partial charge is 0.306 e. The summed E-state index contributed by atoms with van der Waals surface area (Å²) in [7, 11) is 3.49. The van der Waals surface area contributed by atoms with Crippen molar-refractivity contribution < 1.29 is 23.7 Å². The Morgan fingerprint density at radius 1 is 0.944 bits per heavy atom. The van der Waals surface area contributed by atoms with Crippen LogP contribution >= 0.6 is 0 Å². The van der Waals surface area contributed by atoms with Gasteiger partial charge in [0, 0.05) is 32.5 Å². The van der Waals surface area contributed by atoms with Crippen LogP contribution in [-0.4, -0.2) is 45.1 Å². The van der Waals surface area contributed by atoms with Crippen LogP contribution in [0.3, 0.4) is 0 Å². The highest BCUT2D eigenvalue weighted by atomic mass is 16.5. The van der Waals surface area contributed by atoms with Gasteiger partial charge in [-0.05, 0) is 49.5 Å². The Kier molecular flexibility index (Phi) is 12.5. The molecule has 1 aromatic carbocycles. The van der Waals surface area contributed by atoms with Gasteiger partial charge in [0.05, 0.1) is 31.5 Å². The number of carbonyl (C=O) groups is 1. The Bertz CT molecular complexity index is 778. The summed E-state index contributed by atoms with van der Waals surface area (Å²) in [5.41, 5.74) is 1.14.